The van der Waals surface area contributed by atoms with E-state index in [1.807, 2.05) is 30.3 Å². The number of methoxy groups -OCH3 is 1. The largest absolute Gasteiger partial charge is 0.495 e. The third-order valence-corrected chi connectivity index (χ3v) is 5.76. The first-order valence-corrected chi connectivity index (χ1v) is 9.98. The van der Waals surface area contributed by atoms with E-state index in [1.165, 1.54) is 25.3 Å². The first-order valence-electron chi connectivity index (χ1n) is 8.50. The van der Waals surface area contributed by atoms with Crippen molar-refractivity contribution in [2.75, 3.05) is 18.6 Å². The van der Waals surface area contributed by atoms with Gasteiger partial charge >= 0.3 is 0 Å². The van der Waals surface area contributed by atoms with Crippen molar-refractivity contribution in [1.82, 2.24) is 4.72 Å². The molecule has 0 aliphatic carbocycles. The van der Waals surface area contributed by atoms with Crippen molar-refractivity contribution in [2.24, 2.45) is 0 Å². The standard InChI is InChI=1S/C19H20N2O5S/c1-26-17-8-7-15(13-16(17)21-18(22)9-10-19(21)23)27(24,25)20-12-11-14-5-3-2-4-6-14/h2-8,13,20H,9-12H2,1H3. The normalized spacial score (nSPS) is 14.6. The number of carbonyl (C=O) groups excluding carboxylic acids is 2. The minimum absolute atomic E-state index is 0.0288. The Bertz CT molecular complexity index is 941. The second-order valence-corrected chi connectivity index (χ2v) is 7.86. The zero-order valence-corrected chi connectivity index (χ0v) is 15.7. The number of amides is 2. The fourth-order valence-corrected chi connectivity index (χ4v) is 3.97. The minimum atomic E-state index is -3.80. The number of carbonyl (C=O) groups is 2. The van der Waals surface area contributed by atoms with Crippen LogP contribution in [0.3, 0.4) is 0 Å². The number of hydrogen-bond donors (Lipinski definition) is 1. The maximum atomic E-state index is 12.6. The lowest BCUT2D eigenvalue weighted by Crippen LogP contribution is -2.30. The first-order chi connectivity index (χ1) is 12.9. The molecule has 27 heavy (non-hydrogen) atoms. The zero-order chi connectivity index (χ0) is 19.4. The molecule has 0 atom stereocenters. The van der Waals surface area contributed by atoms with Gasteiger partial charge in [0, 0.05) is 19.4 Å². The van der Waals surface area contributed by atoms with E-state index in [0.29, 0.717) is 6.42 Å². The van der Waals surface area contributed by atoms with Gasteiger partial charge in [0.15, 0.2) is 0 Å². The molecule has 1 saturated heterocycles. The van der Waals surface area contributed by atoms with Crippen LogP contribution in [0.25, 0.3) is 0 Å². The van der Waals surface area contributed by atoms with E-state index in [1.54, 1.807) is 0 Å². The first kappa shape index (κ1) is 19.1. The van der Waals surface area contributed by atoms with Gasteiger partial charge < -0.3 is 4.74 Å². The van der Waals surface area contributed by atoms with Crippen LogP contribution in [0.2, 0.25) is 0 Å². The summed E-state index contributed by atoms with van der Waals surface area (Å²) in [6, 6.07) is 13.7. The van der Waals surface area contributed by atoms with Crippen LogP contribution in [0.5, 0.6) is 5.75 Å². The monoisotopic (exact) mass is 388 g/mol. The highest BCUT2D eigenvalue weighted by Gasteiger charge is 2.33. The summed E-state index contributed by atoms with van der Waals surface area (Å²) in [5.41, 5.74) is 1.17. The van der Waals surface area contributed by atoms with E-state index >= 15 is 0 Å². The van der Waals surface area contributed by atoms with Gasteiger partial charge in [-0.15, -0.1) is 0 Å². The summed E-state index contributed by atoms with van der Waals surface area (Å²) in [6.07, 6.45) is 0.759. The minimum Gasteiger partial charge on any atom is -0.495 e. The smallest absolute Gasteiger partial charge is 0.240 e. The van der Waals surface area contributed by atoms with Gasteiger partial charge in [-0.2, -0.15) is 0 Å². The number of benzene rings is 2. The molecule has 1 heterocycles. The Labute approximate surface area is 158 Å². The third-order valence-electron chi connectivity index (χ3n) is 4.30. The lowest BCUT2D eigenvalue weighted by atomic mass is 10.2. The summed E-state index contributed by atoms with van der Waals surface area (Å²) in [5.74, 6) is -0.475. The molecule has 1 aliphatic heterocycles. The van der Waals surface area contributed by atoms with E-state index in [9.17, 15) is 18.0 Å². The molecule has 0 spiro atoms. The van der Waals surface area contributed by atoms with Crippen molar-refractivity contribution < 1.29 is 22.7 Å². The molecular weight excluding hydrogens is 368 g/mol. The maximum absolute atomic E-state index is 12.6. The number of anilines is 1. The van der Waals surface area contributed by atoms with Crippen molar-refractivity contribution in [1.29, 1.82) is 0 Å². The Hall–Kier alpha value is -2.71. The summed E-state index contributed by atoms with van der Waals surface area (Å²) in [6.45, 7) is 0.231. The Morgan fingerprint density at radius 1 is 1.04 bits per heavy atom. The zero-order valence-electron chi connectivity index (χ0n) is 14.8. The van der Waals surface area contributed by atoms with Crippen molar-refractivity contribution >= 4 is 27.5 Å². The lowest BCUT2D eigenvalue weighted by Gasteiger charge is -2.18. The second-order valence-electron chi connectivity index (χ2n) is 6.09. The fourth-order valence-electron chi connectivity index (χ4n) is 2.91. The Morgan fingerprint density at radius 2 is 1.70 bits per heavy atom. The number of ether oxygens (including phenoxy) is 1. The van der Waals surface area contributed by atoms with Crippen LogP contribution >= 0.6 is 0 Å². The SMILES string of the molecule is COc1ccc(S(=O)(=O)NCCc2ccccc2)cc1N1C(=O)CCC1=O. The van der Waals surface area contributed by atoms with Gasteiger partial charge in [-0.05, 0) is 30.2 Å². The molecular formula is C19H20N2O5S. The molecule has 0 aromatic heterocycles. The van der Waals surface area contributed by atoms with Crippen LogP contribution in [0.15, 0.2) is 53.4 Å². The highest BCUT2D eigenvalue weighted by Crippen LogP contribution is 2.34. The Balaban J connectivity index is 1.82. The molecule has 1 aliphatic rings. The predicted octanol–water partition coefficient (Wildman–Crippen LogP) is 1.87. The van der Waals surface area contributed by atoms with Gasteiger partial charge in [-0.1, -0.05) is 30.3 Å². The predicted molar refractivity (Wildman–Crippen MR) is 100 cm³/mol. The number of hydrogen-bond acceptors (Lipinski definition) is 5. The second kappa shape index (κ2) is 7.89. The van der Waals surface area contributed by atoms with Crippen LogP contribution in [-0.2, 0) is 26.0 Å². The quantitative estimate of drug-likeness (QED) is 0.731. The molecule has 1 N–H and O–H groups in total. The molecule has 0 radical (unpaired) electrons. The number of nitrogens with zero attached hydrogens (tertiary/aromatic N) is 1. The highest BCUT2D eigenvalue weighted by atomic mass is 32.2. The summed E-state index contributed by atoms with van der Waals surface area (Å²) in [4.78, 5) is 25.0. The molecule has 0 unspecified atom stereocenters. The molecule has 0 bridgehead atoms. The lowest BCUT2D eigenvalue weighted by molar-refractivity contribution is -0.121. The van der Waals surface area contributed by atoms with E-state index in [2.05, 4.69) is 4.72 Å². The van der Waals surface area contributed by atoms with E-state index in [4.69, 9.17) is 4.74 Å². The van der Waals surface area contributed by atoms with Crippen LogP contribution in [0.4, 0.5) is 5.69 Å². The van der Waals surface area contributed by atoms with Crippen molar-refractivity contribution in [2.45, 2.75) is 24.2 Å². The van der Waals surface area contributed by atoms with E-state index in [-0.39, 0.29) is 47.5 Å². The fraction of sp³-hybridized carbons (Fsp3) is 0.263. The van der Waals surface area contributed by atoms with Gasteiger partial charge in [0.05, 0.1) is 17.7 Å². The van der Waals surface area contributed by atoms with Crippen LogP contribution in [-0.4, -0.2) is 33.9 Å². The van der Waals surface area contributed by atoms with Crippen LogP contribution in [0.1, 0.15) is 18.4 Å². The highest BCUT2D eigenvalue weighted by molar-refractivity contribution is 7.89. The van der Waals surface area contributed by atoms with Gasteiger partial charge in [-0.25, -0.2) is 18.0 Å². The molecule has 2 aromatic carbocycles. The van der Waals surface area contributed by atoms with Crippen molar-refractivity contribution in [3.8, 4) is 5.75 Å². The van der Waals surface area contributed by atoms with Crippen molar-refractivity contribution in [3.05, 3.63) is 54.1 Å². The molecule has 7 nitrogen and oxygen atoms in total. The summed E-state index contributed by atoms with van der Waals surface area (Å²) < 4.78 is 33.0. The molecule has 8 heteroatoms. The molecule has 0 saturated carbocycles. The number of sulfonamides is 1. The molecule has 2 amide bonds. The molecule has 1 fully saturated rings. The number of nitrogens with one attached hydrogen (secondary N) is 1. The molecule has 142 valence electrons. The van der Waals surface area contributed by atoms with E-state index < -0.39 is 10.0 Å². The number of imide groups is 1. The average Bonchev–Trinajstić information content (AvgIpc) is 3.00. The average molecular weight is 388 g/mol. The van der Waals surface area contributed by atoms with E-state index in [0.717, 1.165) is 10.5 Å². The summed E-state index contributed by atoms with van der Waals surface area (Å²) in [5, 5.41) is 0. The van der Waals surface area contributed by atoms with Gasteiger partial charge in [0.2, 0.25) is 21.8 Å². The summed E-state index contributed by atoms with van der Waals surface area (Å²) >= 11 is 0. The maximum Gasteiger partial charge on any atom is 0.240 e. The third kappa shape index (κ3) is 4.17. The van der Waals surface area contributed by atoms with Gasteiger partial charge in [0.1, 0.15) is 5.75 Å². The van der Waals surface area contributed by atoms with Crippen LogP contribution < -0.4 is 14.4 Å². The van der Waals surface area contributed by atoms with Crippen molar-refractivity contribution in [3.63, 3.8) is 0 Å². The van der Waals surface area contributed by atoms with Crippen LogP contribution in [0, 0.1) is 0 Å². The molecule has 3 rings (SSSR count). The van der Waals surface area contributed by atoms with Gasteiger partial charge in [-0.3, -0.25) is 9.59 Å². The molecule has 2 aromatic rings. The van der Waals surface area contributed by atoms with Gasteiger partial charge in [0.25, 0.3) is 0 Å². The summed E-state index contributed by atoms with van der Waals surface area (Å²) in [7, 11) is -2.40. The topological polar surface area (TPSA) is 92.8 Å². The Morgan fingerprint density at radius 3 is 2.33 bits per heavy atom. The Kier molecular flexibility index (Phi) is 5.57. The number of rotatable bonds is 7.